The van der Waals surface area contributed by atoms with E-state index in [4.69, 9.17) is 13.8 Å². The Kier molecular flexibility index (Phi) is 5.89. The number of hydrogen-bond donors (Lipinski definition) is 0. The van der Waals surface area contributed by atoms with Gasteiger partial charge in [0.2, 0.25) is 0 Å². The van der Waals surface area contributed by atoms with E-state index >= 15 is 0 Å². The van der Waals surface area contributed by atoms with Crippen LogP contribution in [0.2, 0.25) is 0 Å². The number of amides is 1. The summed E-state index contributed by atoms with van der Waals surface area (Å²) in [5.74, 6) is 0. The molecule has 1 saturated heterocycles. The van der Waals surface area contributed by atoms with Crippen molar-refractivity contribution in [3.63, 3.8) is 0 Å². The Hall–Kier alpha value is -0.620. The molecule has 0 radical (unpaired) electrons. The van der Waals surface area contributed by atoms with Gasteiger partial charge in [-0.25, -0.2) is 4.79 Å². The van der Waals surface area contributed by atoms with Gasteiger partial charge in [-0.05, 0) is 40.2 Å². The van der Waals surface area contributed by atoms with Gasteiger partial charge in [0, 0.05) is 14.2 Å². The van der Waals surface area contributed by atoms with Crippen molar-refractivity contribution in [2.24, 2.45) is 5.41 Å². The first-order valence-corrected chi connectivity index (χ1v) is 9.61. The minimum Gasteiger partial charge on any atom is -0.444 e. The Morgan fingerprint density at radius 3 is 1.92 bits per heavy atom. The fourth-order valence-electron chi connectivity index (χ4n) is 3.27. The van der Waals surface area contributed by atoms with Crippen molar-refractivity contribution in [2.75, 3.05) is 27.8 Å². The van der Waals surface area contributed by atoms with E-state index in [2.05, 4.69) is 0 Å². The van der Waals surface area contributed by atoms with Crippen LogP contribution in [0.5, 0.6) is 0 Å². The third-order valence-corrected chi connectivity index (χ3v) is 6.96. The second-order valence-electron chi connectivity index (χ2n) is 8.54. The minimum absolute atomic E-state index is 0.194. The molecule has 0 spiro atoms. The normalized spacial score (nSPS) is 26.8. The van der Waals surface area contributed by atoms with Crippen LogP contribution in [0.4, 0.5) is 4.79 Å². The molecule has 1 aliphatic rings. The molecular weight excluding hydrogens is 331 g/mol. The van der Waals surface area contributed by atoms with Gasteiger partial charge in [-0.3, -0.25) is 14.4 Å². The van der Waals surface area contributed by atoms with Gasteiger partial charge in [0.15, 0.2) is 0 Å². The van der Waals surface area contributed by atoms with Crippen LogP contribution in [0.25, 0.3) is 0 Å². The van der Waals surface area contributed by atoms with Crippen LogP contribution in [0, 0.1) is 5.41 Å². The van der Waals surface area contributed by atoms with E-state index in [1.54, 1.807) is 11.8 Å². The van der Waals surface area contributed by atoms with E-state index in [0.717, 1.165) is 0 Å². The maximum atomic E-state index is 13.1. The Bertz CT molecular complexity index is 518. The Labute approximate surface area is 146 Å². The van der Waals surface area contributed by atoms with Gasteiger partial charge in [0.25, 0.3) is 0 Å². The fourth-order valence-corrected chi connectivity index (χ4v) is 5.03. The highest BCUT2D eigenvalue weighted by Crippen LogP contribution is 2.63. The monoisotopic (exact) mass is 364 g/mol. The molecule has 142 valence electrons. The molecule has 24 heavy (non-hydrogen) atoms. The van der Waals surface area contributed by atoms with Crippen LogP contribution < -0.4 is 0 Å². The highest BCUT2D eigenvalue weighted by atomic mass is 31.2. The molecule has 1 aliphatic heterocycles. The smallest absolute Gasteiger partial charge is 0.411 e. The van der Waals surface area contributed by atoms with Crippen LogP contribution in [-0.2, 0) is 18.3 Å². The highest BCUT2D eigenvalue weighted by molar-refractivity contribution is 7.55. The summed E-state index contributed by atoms with van der Waals surface area (Å²) in [6, 6.07) is 0. The number of rotatable bonds is 3. The quantitative estimate of drug-likeness (QED) is 0.711. The number of ether oxygens (including phenoxy) is 1. The maximum absolute atomic E-state index is 13.1. The number of nitrogens with zero attached hydrogens (tertiary/aromatic N) is 2. The van der Waals surface area contributed by atoms with Crippen LogP contribution in [0.3, 0.4) is 0 Å². The molecule has 1 heterocycles. The Balaban J connectivity index is 3.35. The summed E-state index contributed by atoms with van der Waals surface area (Å²) < 4.78 is 29.2. The van der Waals surface area contributed by atoms with Crippen LogP contribution >= 0.6 is 7.60 Å². The summed E-state index contributed by atoms with van der Waals surface area (Å²) in [6.07, 6.45) is -0.743. The first kappa shape index (κ1) is 21.4. The zero-order valence-electron chi connectivity index (χ0n) is 16.7. The molecule has 0 saturated carbocycles. The van der Waals surface area contributed by atoms with Crippen LogP contribution in [-0.4, -0.2) is 60.8 Å². The molecule has 8 heteroatoms. The lowest BCUT2D eigenvalue weighted by atomic mass is 9.91. The van der Waals surface area contributed by atoms with E-state index < -0.39 is 24.6 Å². The van der Waals surface area contributed by atoms with Gasteiger partial charge in [0.1, 0.15) is 10.9 Å². The average molecular weight is 364 g/mol. The number of hydrogen-bond acceptors (Lipinski definition) is 6. The third kappa shape index (κ3) is 3.79. The van der Waals surface area contributed by atoms with Gasteiger partial charge in [0.05, 0.1) is 12.7 Å². The first-order chi connectivity index (χ1) is 10.6. The summed E-state index contributed by atoms with van der Waals surface area (Å²) in [6.45, 7) is 13.6. The Morgan fingerprint density at radius 2 is 1.58 bits per heavy atom. The van der Waals surface area contributed by atoms with Crippen molar-refractivity contribution in [3.05, 3.63) is 0 Å². The van der Waals surface area contributed by atoms with E-state index in [0.29, 0.717) is 0 Å². The van der Waals surface area contributed by atoms with Crippen molar-refractivity contribution >= 4 is 13.7 Å². The fraction of sp³-hybridized carbons (Fsp3) is 0.938. The third-order valence-electron chi connectivity index (χ3n) is 4.37. The summed E-state index contributed by atoms with van der Waals surface area (Å²) in [5, 5.41) is -0.967. The number of likely N-dealkylation sites (N-methyl/N-ethyl adjacent to an activating group) is 1. The van der Waals surface area contributed by atoms with Gasteiger partial charge < -0.3 is 13.8 Å². The van der Waals surface area contributed by atoms with Crippen LogP contribution in [0.1, 0.15) is 48.5 Å². The molecule has 0 aromatic carbocycles. The van der Waals surface area contributed by atoms with Gasteiger partial charge in [-0.1, -0.05) is 20.8 Å². The van der Waals surface area contributed by atoms with Crippen molar-refractivity contribution in [3.8, 4) is 0 Å². The largest absolute Gasteiger partial charge is 0.444 e. The van der Waals surface area contributed by atoms with Gasteiger partial charge in [-0.15, -0.1) is 0 Å². The van der Waals surface area contributed by atoms with Crippen molar-refractivity contribution in [1.29, 1.82) is 0 Å². The van der Waals surface area contributed by atoms with E-state index in [-0.39, 0.29) is 18.1 Å². The lowest BCUT2D eigenvalue weighted by Gasteiger charge is -2.41. The summed E-state index contributed by atoms with van der Waals surface area (Å²) in [4.78, 5) is 16.3. The molecule has 0 unspecified atom stereocenters. The average Bonchev–Trinajstić information content (AvgIpc) is 2.69. The molecule has 0 N–H and O–H groups in total. The second kappa shape index (κ2) is 6.60. The molecule has 0 bridgehead atoms. The zero-order valence-corrected chi connectivity index (χ0v) is 17.6. The van der Waals surface area contributed by atoms with E-state index in [9.17, 15) is 9.36 Å². The SMILES string of the molecule is COP(=O)(OC)[C@]1(C)CN(C(=O)OC(C)(C)C)[C@H](C(C)(C)C)N1C. The molecule has 0 aromatic rings. The number of carbonyl (C=O) groups is 1. The molecule has 2 atom stereocenters. The first-order valence-electron chi connectivity index (χ1n) is 8.07. The van der Waals surface area contributed by atoms with Crippen molar-refractivity contribution in [1.82, 2.24) is 9.80 Å². The predicted octanol–water partition coefficient (Wildman–Crippen LogP) is 3.74. The molecule has 0 aromatic heterocycles. The van der Waals surface area contributed by atoms with Gasteiger partial charge in [-0.2, -0.15) is 0 Å². The maximum Gasteiger partial charge on any atom is 0.411 e. The molecule has 1 rings (SSSR count). The lowest BCUT2D eigenvalue weighted by molar-refractivity contribution is -0.00809. The minimum atomic E-state index is -3.46. The molecule has 7 nitrogen and oxygen atoms in total. The summed E-state index contributed by atoms with van der Waals surface area (Å²) in [5.41, 5.74) is -0.890. The summed E-state index contributed by atoms with van der Waals surface area (Å²) >= 11 is 0. The highest BCUT2D eigenvalue weighted by Gasteiger charge is 2.61. The molecule has 1 amide bonds. The van der Waals surface area contributed by atoms with Crippen molar-refractivity contribution < 1.29 is 23.1 Å². The van der Waals surface area contributed by atoms with E-state index in [1.807, 2.05) is 53.5 Å². The van der Waals surface area contributed by atoms with Crippen molar-refractivity contribution in [2.45, 2.75) is 65.5 Å². The second-order valence-corrected chi connectivity index (χ2v) is 11.2. The molecule has 1 fully saturated rings. The number of carbonyl (C=O) groups excluding carboxylic acids is 1. The van der Waals surface area contributed by atoms with E-state index in [1.165, 1.54) is 14.2 Å². The molecular formula is C16H33N2O5P. The lowest BCUT2D eigenvalue weighted by Crippen LogP contribution is -2.51. The van der Waals surface area contributed by atoms with Gasteiger partial charge >= 0.3 is 13.7 Å². The standard InChI is InChI=1S/C16H33N2O5P/c1-14(2,3)12-17(8)16(7,24(20,21-9)22-10)11-18(12)13(19)23-15(4,5)6/h12H,11H2,1-10H3/t12-,16-/m1/s1. The molecule has 0 aliphatic carbocycles. The topological polar surface area (TPSA) is 68.3 Å². The zero-order chi connectivity index (χ0) is 19.1. The summed E-state index contributed by atoms with van der Waals surface area (Å²) in [7, 11) is 1.12. The Morgan fingerprint density at radius 1 is 1.12 bits per heavy atom. The predicted molar refractivity (Wildman–Crippen MR) is 94.0 cm³/mol. The van der Waals surface area contributed by atoms with Crippen LogP contribution in [0.15, 0.2) is 0 Å².